The molecule has 0 aliphatic heterocycles. The number of Topliss-reactive ketones (excluding diaryl/α,β-unsaturated/α-hetero) is 2. The quantitative estimate of drug-likeness (QED) is 0.0473. The maximum absolute atomic E-state index is 14.6. The molecule has 0 heterocycles. The van der Waals surface area contributed by atoms with Gasteiger partial charge in [-0.05, 0) is 60.6 Å². The van der Waals surface area contributed by atoms with Gasteiger partial charge in [-0.1, -0.05) is 128 Å². The summed E-state index contributed by atoms with van der Waals surface area (Å²) in [7, 11) is 1.07. The van der Waals surface area contributed by atoms with Gasteiger partial charge in [-0.25, -0.2) is 0 Å². The summed E-state index contributed by atoms with van der Waals surface area (Å²) >= 11 is 0. The Labute approximate surface area is 400 Å². The Kier molecular flexibility index (Phi) is 22.4. The molecule has 0 bridgehead atoms. The van der Waals surface area contributed by atoms with E-state index in [2.05, 4.69) is 26.6 Å². The largest absolute Gasteiger partial charge is 0.374 e. The number of primary amides is 1. The van der Waals surface area contributed by atoms with E-state index >= 15 is 0 Å². The van der Waals surface area contributed by atoms with Crippen molar-refractivity contribution in [1.82, 2.24) is 26.6 Å². The number of amides is 6. The van der Waals surface area contributed by atoms with Crippen molar-refractivity contribution in [3.8, 4) is 0 Å². The predicted octanol–water partition coefficient (Wildman–Crippen LogP) is 2.33. The number of rotatable bonds is 27. The van der Waals surface area contributed by atoms with Crippen LogP contribution in [-0.4, -0.2) is 108 Å². The van der Waals surface area contributed by atoms with Gasteiger partial charge in [0, 0.05) is 19.4 Å². The summed E-state index contributed by atoms with van der Waals surface area (Å²) in [5.74, 6) is -10.5. The van der Waals surface area contributed by atoms with E-state index in [-0.39, 0.29) is 31.8 Å². The Morgan fingerprint density at radius 2 is 1.31 bits per heavy atom. The van der Waals surface area contributed by atoms with Crippen molar-refractivity contribution >= 4 is 47.0 Å². The third-order valence-corrected chi connectivity index (χ3v) is 12.2. The number of aryl methyl sites for hydroxylation is 1. The summed E-state index contributed by atoms with van der Waals surface area (Å²) < 4.78 is 11.1. The van der Waals surface area contributed by atoms with Gasteiger partial charge in [-0.3, -0.25) is 38.4 Å². The molecule has 0 radical (unpaired) electrons. The fourth-order valence-corrected chi connectivity index (χ4v) is 8.07. The van der Waals surface area contributed by atoms with E-state index in [1.54, 1.807) is 57.2 Å². The smallest absolute Gasteiger partial charge is 0.287 e. The molecule has 68 heavy (non-hydrogen) atoms. The van der Waals surface area contributed by atoms with Crippen LogP contribution in [0.4, 0.5) is 0 Å². The number of nitrogens with two attached hydrogens (primary N) is 2. The lowest BCUT2D eigenvalue weighted by Crippen LogP contribution is -2.66. The number of nitrogens with one attached hydrogen (secondary N) is 5. The standard InChI is InChI=1S/C50H75N7O11/c1-9-10-25-35(39(58)43(52)60)53-44(61)36(26-30(2)3)55-48(65)41(49(5,6)7)57-45(62)37(27-34-24-18-17-19-31(34)4)54-46(63)38(29-68-28-32-20-13-11-14-21-32)56-47(64)40(51)50(66,67-8)42(59)33-22-15-12-16-23-33/h11,13-14,17-21,24,30,33,35-38,40-41,66H,9-10,12,15-16,22-23,25-29,51H2,1-8H3,(H2,52,60)(H,53,61)(H,54,63)(H,55,65)(H,56,64)(H,57,62)/t35-,36-,37-,38+,40+,41+,50?/m0/s1. The predicted molar refractivity (Wildman–Crippen MR) is 255 cm³/mol. The lowest BCUT2D eigenvalue weighted by Gasteiger charge is -2.35. The van der Waals surface area contributed by atoms with E-state index in [1.807, 2.05) is 45.9 Å². The molecular formula is C50H75N7O11. The summed E-state index contributed by atoms with van der Waals surface area (Å²) in [4.78, 5) is 109. The van der Waals surface area contributed by atoms with Crippen molar-refractivity contribution < 1.29 is 52.9 Å². The number of ether oxygens (including phenoxy) is 2. The Hall–Kier alpha value is -5.56. The lowest BCUT2D eigenvalue weighted by atomic mass is 9.81. The van der Waals surface area contributed by atoms with Crippen LogP contribution in [0.3, 0.4) is 0 Å². The number of unbranched alkanes of at least 4 members (excludes halogenated alkanes) is 1. The molecule has 1 saturated carbocycles. The highest BCUT2D eigenvalue weighted by atomic mass is 16.6. The molecule has 3 rings (SSSR count). The highest BCUT2D eigenvalue weighted by Crippen LogP contribution is 2.30. The third-order valence-electron chi connectivity index (χ3n) is 12.2. The Morgan fingerprint density at radius 3 is 1.88 bits per heavy atom. The molecule has 2 aromatic rings. The molecule has 1 aliphatic carbocycles. The van der Waals surface area contributed by atoms with Crippen LogP contribution in [0, 0.1) is 24.2 Å². The van der Waals surface area contributed by atoms with Crippen molar-refractivity contribution in [2.45, 2.75) is 161 Å². The number of hydrogen-bond donors (Lipinski definition) is 8. The number of carbonyl (C=O) groups is 8. The van der Waals surface area contributed by atoms with Gasteiger partial charge in [-0.15, -0.1) is 0 Å². The van der Waals surface area contributed by atoms with Crippen LogP contribution in [0.2, 0.25) is 0 Å². The van der Waals surface area contributed by atoms with Gasteiger partial charge in [0.05, 0.1) is 19.3 Å². The minimum absolute atomic E-state index is 0.0287. The molecule has 376 valence electrons. The number of benzene rings is 2. The van der Waals surface area contributed by atoms with Gasteiger partial charge in [0.1, 0.15) is 30.2 Å². The molecular weight excluding hydrogens is 875 g/mol. The summed E-state index contributed by atoms with van der Waals surface area (Å²) in [6, 6.07) is 7.66. The van der Waals surface area contributed by atoms with Crippen LogP contribution < -0.4 is 38.1 Å². The lowest BCUT2D eigenvalue weighted by molar-refractivity contribution is -0.208. The monoisotopic (exact) mass is 950 g/mol. The van der Waals surface area contributed by atoms with Gasteiger partial charge in [-0.2, -0.15) is 0 Å². The molecule has 10 N–H and O–H groups in total. The summed E-state index contributed by atoms with van der Waals surface area (Å²) in [6.45, 7) is 12.1. The van der Waals surface area contributed by atoms with Gasteiger partial charge in [0.2, 0.25) is 35.3 Å². The first-order valence-corrected chi connectivity index (χ1v) is 23.6. The van der Waals surface area contributed by atoms with E-state index in [1.165, 1.54) is 0 Å². The topological polar surface area (TPSA) is 287 Å². The average molecular weight is 950 g/mol. The van der Waals surface area contributed by atoms with Crippen LogP contribution in [0.5, 0.6) is 0 Å². The van der Waals surface area contributed by atoms with Gasteiger partial charge in [0.25, 0.3) is 11.7 Å². The minimum atomic E-state index is -2.71. The molecule has 18 heteroatoms. The second-order valence-electron chi connectivity index (χ2n) is 19.3. The van der Waals surface area contributed by atoms with Gasteiger partial charge < -0.3 is 52.6 Å². The summed E-state index contributed by atoms with van der Waals surface area (Å²) in [5.41, 5.74) is 12.8. The zero-order chi connectivity index (χ0) is 50.8. The molecule has 1 fully saturated rings. The fourth-order valence-electron chi connectivity index (χ4n) is 8.07. The first-order chi connectivity index (χ1) is 32.0. The van der Waals surface area contributed by atoms with E-state index in [9.17, 15) is 43.5 Å². The average Bonchev–Trinajstić information content (AvgIpc) is 3.30. The highest BCUT2D eigenvalue weighted by Gasteiger charge is 2.50. The number of carbonyl (C=O) groups excluding carboxylic acids is 8. The molecule has 0 spiro atoms. The van der Waals surface area contributed by atoms with E-state index in [0.717, 1.165) is 37.5 Å². The van der Waals surface area contributed by atoms with Crippen LogP contribution in [-0.2, 0) is 60.9 Å². The Balaban J connectivity index is 1.97. The second kappa shape index (κ2) is 26.8. The van der Waals surface area contributed by atoms with Crippen molar-refractivity contribution in [3.63, 3.8) is 0 Å². The van der Waals surface area contributed by atoms with Crippen molar-refractivity contribution in [2.75, 3.05) is 13.7 Å². The zero-order valence-electron chi connectivity index (χ0n) is 41.0. The SMILES string of the molecule is CCCC[C@H](NC(=O)[C@H](CC(C)C)NC(=O)[C@@H](NC(=O)[C@H](Cc1ccccc1C)NC(=O)[C@@H](COCc1ccccc1)NC(=O)[C@@H](N)C(O)(OC)C(=O)C1CCCCC1)C(C)(C)C)C(=O)C(N)=O. The van der Waals surface area contributed by atoms with Gasteiger partial charge in [0.15, 0.2) is 5.78 Å². The Morgan fingerprint density at radius 1 is 0.750 bits per heavy atom. The molecule has 18 nitrogen and oxygen atoms in total. The molecule has 2 aromatic carbocycles. The van der Waals surface area contributed by atoms with Crippen molar-refractivity contribution in [2.24, 2.45) is 28.7 Å². The zero-order valence-corrected chi connectivity index (χ0v) is 41.0. The van der Waals surface area contributed by atoms with Crippen LogP contribution in [0.15, 0.2) is 54.6 Å². The summed E-state index contributed by atoms with van der Waals surface area (Å²) in [5, 5.41) is 24.9. The molecule has 1 unspecified atom stereocenters. The normalized spacial score (nSPS) is 16.7. The van der Waals surface area contributed by atoms with Crippen molar-refractivity contribution in [1.29, 1.82) is 0 Å². The van der Waals surface area contributed by atoms with Crippen LogP contribution >= 0.6 is 0 Å². The second-order valence-corrected chi connectivity index (χ2v) is 19.3. The maximum atomic E-state index is 14.6. The van der Waals surface area contributed by atoms with Gasteiger partial charge >= 0.3 is 0 Å². The first-order valence-electron chi connectivity index (χ1n) is 23.6. The summed E-state index contributed by atoms with van der Waals surface area (Å²) in [6.07, 6.45) is 4.85. The molecule has 6 amide bonds. The number of methoxy groups -OCH3 is 1. The van der Waals surface area contributed by atoms with Crippen LogP contribution in [0.1, 0.15) is 116 Å². The first kappa shape index (κ1) is 56.8. The molecule has 1 aliphatic rings. The minimum Gasteiger partial charge on any atom is -0.374 e. The van der Waals surface area contributed by atoms with Crippen LogP contribution in [0.25, 0.3) is 0 Å². The molecule has 0 aromatic heterocycles. The third kappa shape index (κ3) is 16.9. The fraction of sp³-hybridized carbons (Fsp3) is 0.600. The highest BCUT2D eigenvalue weighted by molar-refractivity contribution is 6.37. The molecule has 0 saturated heterocycles. The molecule has 7 atom stereocenters. The number of hydrogen-bond acceptors (Lipinski definition) is 12. The van der Waals surface area contributed by atoms with Crippen molar-refractivity contribution in [3.05, 3.63) is 71.3 Å². The van der Waals surface area contributed by atoms with E-state index in [0.29, 0.717) is 31.2 Å². The van der Waals surface area contributed by atoms with E-state index < -0.39 is 107 Å². The maximum Gasteiger partial charge on any atom is 0.287 e. The number of aliphatic hydroxyl groups is 1. The Bertz CT molecular complexity index is 2040. The van der Waals surface area contributed by atoms with E-state index in [4.69, 9.17) is 20.9 Å². The number of ketones is 2.